The van der Waals surface area contributed by atoms with Crippen molar-refractivity contribution in [1.29, 1.82) is 0 Å². The first-order chi connectivity index (χ1) is 16.3. The van der Waals surface area contributed by atoms with Gasteiger partial charge in [-0.1, -0.05) is 34.1 Å². The molecule has 0 saturated heterocycles. The summed E-state index contributed by atoms with van der Waals surface area (Å²) in [5.74, 6) is -4.48. The van der Waals surface area contributed by atoms with E-state index in [1.54, 1.807) is 6.92 Å². The molecule has 12 heteroatoms. The molecule has 5 unspecified atom stereocenters. The summed E-state index contributed by atoms with van der Waals surface area (Å²) in [5, 5.41) is 26.0. The third-order valence-corrected chi connectivity index (χ3v) is 5.70. The molecular weight excluding hydrogens is 458 g/mol. The van der Waals surface area contributed by atoms with Crippen molar-refractivity contribution >= 4 is 29.7 Å². The van der Waals surface area contributed by atoms with E-state index in [-0.39, 0.29) is 37.5 Å². The minimum Gasteiger partial charge on any atom is -0.481 e. The Balaban J connectivity index is 5.54. The molecular formula is C23H43N5O7. The van der Waals surface area contributed by atoms with Crippen LogP contribution >= 0.6 is 0 Å². The number of unbranched alkanes of at least 4 members (excludes halogenated alkanes) is 1. The summed E-state index contributed by atoms with van der Waals surface area (Å²) in [7, 11) is 0. The van der Waals surface area contributed by atoms with Crippen LogP contribution in [-0.2, 0) is 24.0 Å². The maximum atomic E-state index is 13.1. The number of hydrogen-bond donors (Lipinski definition) is 7. The monoisotopic (exact) mass is 501 g/mol. The third-order valence-electron chi connectivity index (χ3n) is 5.70. The number of carbonyl (C=O) groups excluding carboxylic acids is 3. The minimum atomic E-state index is -1.17. The molecule has 0 aliphatic rings. The lowest BCUT2D eigenvalue weighted by molar-refractivity contribution is -0.144. The highest BCUT2D eigenvalue weighted by Gasteiger charge is 2.32. The van der Waals surface area contributed by atoms with E-state index in [2.05, 4.69) is 16.0 Å². The van der Waals surface area contributed by atoms with Gasteiger partial charge in [0.1, 0.15) is 18.1 Å². The van der Waals surface area contributed by atoms with E-state index >= 15 is 0 Å². The number of carboxylic acid groups (broad SMARTS) is 2. The Morgan fingerprint density at radius 2 is 1.40 bits per heavy atom. The van der Waals surface area contributed by atoms with Crippen molar-refractivity contribution in [3.05, 3.63) is 0 Å². The quantitative estimate of drug-likeness (QED) is 0.125. The van der Waals surface area contributed by atoms with Crippen LogP contribution in [0.3, 0.4) is 0 Å². The Labute approximate surface area is 206 Å². The maximum Gasteiger partial charge on any atom is 0.326 e. The molecule has 0 saturated carbocycles. The van der Waals surface area contributed by atoms with E-state index in [1.807, 2.05) is 20.8 Å². The second kappa shape index (κ2) is 16.8. The lowest BCUT2D eigenvalue weighted by Crippen LogP contribution is -2.58. The van der Waals surface area contributed by atoms with Gasteiger partial charge in [-0.2, -0.15) is 0 Å². The number of carbonyl (C=O) groups is 5. The van der Waals surface area contributed by atoms with Gasteiger partial charge in [0.05, 0.1) is 6.04 Å². The van der Waals surface area contributed by atoms with E-state index in [9.17, 15) is 29.1 Å². The molecule has 202 valence electrons. The van der Waals surface area contributed by atoms with Crippen molar-refractivity contribution in [2.75, 3.05) is 6.54 Å². The van der Waals surface area contributed by atoms with Crippen LogP contribution < -0.4 is 27.4 Å². The second-order valence-corrected chi connectivity index (χ2v) is 9.29. The highest BCUT2D eigenvalue weighted by Crippen LogP contribution is 2.11. The fourth-order valence-corrected chi connectivity index (χ4v) is 3.36. The highest BCUT2D eigenvalue weighted by atomic mass is 16.4. The summed E-state index contributed by atoms with van der Waals surface area (Å²) < 4.78 is 0. The molecule has 0 aliphatic carbocycles. The Kier molecular flexibility index (Phi) is 15.5. The van der Waals surface area contributed by atoms with Gasteiger partial charge in [-0.3, -0.25) is 19.2 Å². The minimum absolute atomic E-state index is 0.00704. The second-order valence-electron chi connectivity index (χ2n) is 9.29. The first-order valence-electron chi connectivity index (χ1n) is 12.1. The number of rotatable bonds is 18. The topological polar surface area (TPSA) is 214 Å². The summed E-state index contributed by atoms with van der Waals surface area (Å²) in [6.07, 6.45) is 1.78. The molecule has 0 aromatic heterocycles. The van der Waals surface area contributed by atoms with E-state index in [0.717, 1.165) is 0 Å². The molecule has 0 heterocycles. The van der Waals surface area contributed by atoms with Gasteiger partial charge in [-0.05, 0) is 50.5 Å². The predicted octanol–water partition coefficient (Wildman–Crippen LogP) is -0.0613. The van der Waals surface area contributed by atoms with Gasteiger partial charge in [0, 0.05) is 6.42 Å². The van der Waals surface area contributed by atoms with Crippen LogP contribution in [0, 0.1) is 11.8 Å². The zero-order valence-corrected chi connectivity index (χ0v) is 21.2. The number of nitrogens with one attached hydrogen (secondary N) is 3. The molecule has 9 N–H and O–H groups in total. The summed E-state index contributed by atoms with van der Waals surface area (Å²) in [6, 6.07) is -4.25. The van der Waals surface area contributed by atoms with E-state index < -0.39 is 53.8 Å². The van der Waals surface area contributed by atoms with Crippen LogP contribution in [0.4, 0.5) is 0 Å². The van der Waals surface area contributed by atoms with Gasteiger partial charge in [-0.25, -0.2) is 4.79 Å². The van der Waals surface area contributed by atoms with Gasteiger partial charge in [0.25, 0.3) is 0 Å². The van der Waals surface area contributed by atoms with Crippen molar-refractivity contribution in [3.8, 4) is 0 Å². The number of aliphatic carboxylic acids is 2. The standard InChI is InChI=1S/C23H43N5O7/c1-5-14(4)19(23(34)35)28-21(32)16(8-6-7-11-24)26-22(33)17(12-13(2)3)27-20(31)15(25)9-10-18(29)30/h13-17,19H,5-12,24-25H2,1-4H3,(H,26,33)(H,27,31)(H,28,32)(H,29,30)(H,34,35). The highest BCUT2D eigenvalue weighted by molar-refractivity contribution is 5.94. The number of nitrogens with two attached hydrogens (primary N) is 2. The lowest BCUT2D eigenvalue weighted by atomic mass is 9.98. The smallest absolute Gasteiger partial charge is 0.326 e. The average molecular weight is 502 g/mol. The van der Waals surface area contributed by atoms with Crippen LogP contribution in [-0.4, -0.2) is 70.6 Å². The Hall–Kier alpha value is -2.73. The molecule has 0 aromatic carbocycles. The number of amides is 3. The maximum absolute atomic E-state index is 13.1. The van der Waals surface area contributed by atoms with Crippen molar-refractivity contribution in [1.82, 2.24) is 16.0 Å². The lowest BCUT2D eigenvalue weighted by Gasteiger charge is -2.27. The van der Waals surface area contributed by atoms with Gasteiger partial charge >= 0.3 is 11.9 Å². The van der Waals surface area contributed by atoms with E-state index in [4.69, 9.17) is 16.6 Å². The number of carboxylic acids is 2. The van der Waals surface area contributed by atoms with E-state index in [1.165, 1.54) is 0 Å². The molecule has 12 nitrogen and oxygen atoms in total. The van der Waals surface area contributed by atoms with Crippen LogP contribution in [0.15, 0.2) is 0 Å². The average Bonchev–Trinajstić information content (AvgIpc) is 2.78. The largest absolute Gasteiger partial charge is 0.481 e. The zero-order valence-electron chi connectivity index (χ0n) is 21.2. The molecule has 0 fully saturated rings. The Bertz CT molecular complexity index is 716. The van der Waals surface area contributed by atoms with Crippen LogP contribution in [0.2, 0.25) is 0 Å². The fraction of sp³-hybridized carbons (Fsp3) is 0.783. The molecule has 5 atom stereocenters. The Morgan fingerprint density at radius 3 is 1.89 bits per heavy atom. The first kappa shape index (κ1) is 32.3. The van der Waals surface area contributed by atoms with Crippen LogP contribution in [0.1, 0.15) is 72.6 Å². The van der Waals surface area contributed by atoms with Gasteiger partial charge in [-0.15, -0.1) is 0 Å². The van der Waals surface area contributed by atoms with Crippen LogP contribution in [0.25, 0.3) is 0 Å². The first-order valence-corrected chi connectivity index (χ1v) is 12.1. The van der Waals surface area contributed by atoms with Crippen molar-refractivity contribution in [3.63, 3.8) is 0 Å². The SMILES string of the molecule is CCC(C)C(NC(=O)C(CCCCN)NC(=O)C(CC(C)C)NC(=O)C(N)CCC(=O)O)C(=O)O. The van der Waals surface area contributed by atoms with E-state index in [0.29, 0.717) is 25.8 Å². The summed E-state index contributed by atoms with van der Waals surface area (Å²) in [4.78, 5) is 60.8. The zero-order chi connectivity index (χ0) is 27.1. The third kappa shape index (κ3) is 13.1. The van der Waals surface area contributed by atoms with Gasteiger partial charge < -0.3 is 37.6 Å². The van der Waals surface area contributed by atoms with Crippen molar-refractivity contribution in [2.24, 2.45) is 23.3 Å². The molecule has 0 aromatic rings. The summed E-state index contributed by atoms with van der Waals surface area (Å²) in [6.45, 7) is 7.63. The molecule has 0 spiro atoms. The molecule has 0 rings (SSSR count). The summed E-state index contributed by atoms with van der Waals surface area (Å²) in [5.41, 5.74) is 11.3. The Morgan fingerprint density at radius 1 is 0.829 bits per heavy atom. The molecule has 0 radical (unpaired) electrons. The summed E-state index contributed by atoms with van der Waals surface area (Å²) >= 11 is 0. The molecule has 0 bridgehead atoms. The molecule has 0 aliphatic heterocycles. The predicted molar refractivity (Wildman–Crippen MR) is 130 cm³/mol. The molecule has 35 heavy (non-hydrogen) atoms. The normalized spacial score (nSPS) is 15.4. The molecule has 3 amide bonds. The van der Waals surface area contributed by atoms with Gasteiger partial charge in [0.2, 0.25) is 17.7 Å². The number of hydrogen-bond acceptors (Lipinski definition) is 7. The van der Waals surface area contributed by atoms with Crippen molar-refractivity contribution in [2.45, 2.75) is 96.8 Å². The van der Waals surface area contributed by atoms with Crippen LogP contribution in [0.5, 0.6) is 0 Å². The van der Waals surface area contributed by atoms with Crippen molar-refractivity contribution < 1.29 is 34.2 Å². The fourth-order valence-electron chi connectivity index (χ4n) is 3.36. The van der Waals surface area contributed by atoms with Gasteiger partial charge in [0.15, 0.2) is 0 Å².